The normalized spacial score (nSPS) is 20.9. The lowest BCUT2D eigenvalue weighted by molar-refractivity contribution is 0.219. The topological polar surface area (TPSA) is 18.5 Å². The Bertz CT molecular complexity index is 432. The van der Waals surface area contributed by atoms with E-state index >= 15 is 0 Å². The highest BCUT2D eigenvalue weighted by molar-refractivity contribution is 5.58. The van der Waals surface area contributed by atoms with Gasteiger partial charge in [-0.15, -0.1) is 0 Å². The third kappa shape index (κ3) is 3.91. The highest BCUT2D eigenvalue weighted by Crippen LogP contribution is 2.25. The Hall–Kier alpha value is -1.22. The first-order valence-electron chi connectivity index (χ1n) is 8.69. The number of piperidine rings is 1. The second kappa shape index (κ2) is 7.17. The monoisotopic (exact) mass is 287 g/mol. The summed E-state index contributed by atoms with van der Waals surface area (Å²) in [6.45, 7) is 8.47. The Kier molecular flexibility index (Phi) is 5.02. The van der Waals surface area contributed by atoms with E-state index in [-0.39, 0.29) is 0 Å². The van der Waals surface area contributed by atoms with Gasteiger partial charge in [0, 0.05) is 43.6 Å². The van der Waals surface area contributed by atoms with Crippen LogP contribution >= 0.6 is 0 Å². The molecule has 2 aliphatic rings. The molecule has 0 amide bonds. The maximum Gasteiger partial charge on any atom is 0.0386 e. The highest BCUT2D eigenvalue weighted by Gasteiger charge is 2.18. The van der Waals surface area contributed by atoms with Gasteiger partial charge in [0.2, 0.25) is 0 Å². The zero-order valence-electron chi connectivity index (χ0n) is 13.4. The number of rotatable bonds is 5. The number of anilines is 2. The van der Waals surface area contributed by atoms with Gasteiger partial charge in [0.05, 0.1) is 0 Å². The molecule has 2 fully saturated rings. The van der Waals surface area contributed by atoms with E-state index in [9.17, 15) is 0 Å². The molecule has 2 saturated heterocycles. The van der Waals surface area contributed by atoms with Crippen molar-refractivity contribution in [2.24, 2.45) is 0 Å². The van der Waals surface area contributed by atoms with Crippen LogP contribution in [0.25, 0.3) is 0 Å². The molecule has 3 heteroatoms. The molecule has 0 spiro atoms. The van der Waals surface area contributed by atoms with Crippen molar-refractivity contribution in [1.82, 2.24) is 4.90 Å². The highest BCUT2D eigenvalue weighted by atomic mass is 15.2. The summed E-state index contributed by atoms with van der Waals surface area (Å²) in [6, 6.07) is 9.65. The predicted molar refractivity (Wildman–Crippen MR) is 91.3 cm³/mol. The Morgan fingerprint density at radius 2 is 1.86 bits per heavy atom. The van der Waals surface area contributed by atoms with Crippen molar-refractivity contribution >= 4 is 11.4 Å². The van der Waals surface area contributed by atoms with Gasteiger partial charge in [-0.3, -0.25) is 0 Å². The van der Waals surface area contributed by atoms with Crippen LogP contribution in [0.2, 0.25) is 0 Å². The van der Waals surface area contributed by atoms with Crippen molar-refractivity contribution in [2.75, 3.05) is 42.9 Å². The molecule has 3 nitrogen and oxygen atoms in total. The van der Waals surface area contributed by atoms with E-state index in [2.05, 4.69) is 46.3 Å². The number of nitrogens with zero attached hydrogens (tertiary/aromatic N) is 2. The van der Waals surface area contributed by atoms with Gasteiger partial charge in [-0.25, -0.2) is 0 Å². The SMILES string of the molecule is CCCN1CCC(Nc2cccc(N3CCCC3)c2)CC1. The van der Waals surface area contributed by atoms with Crippen molar-refractivity contribution in [1.29, 1.82) is 0 Å². The molecule has 0 bridgehead atoms. The molecule has 0 radical (unpaired) electrons. The Morgan fingerprint density at radius 1 is 1.10 bits per heavy atom. The summed E-state index contributed by atoms with van der Waals surface area (Å²) in [5.74, 6) is 0. The molecule has 0 atom stereocenters. The second-order valence-corrected chi connectivity index (χ2v) is 6.50. The standard InChI is InChI=1S/C18H29N3/c1-2-10-20-13-8-16(9-14-20)19-17-6-5-7-18(15-17)21-11-3-4-12-21/h5-7,15-16,19H,2-4,8-14H2,1H3. The van der Waals surface area contributed by atoms with E-state index < -0.39 is 0 Å². The Morgan fingerprint density at radius 3 is 2.57 bits per heavy atom. The molecule has 0 saturated carbocycles. The van der Waals surface area contributed by atoms with E-state index in [1.54, 1.807) is 0 Å². The molecular weight excluding hydrogens is 258 g/mol. The molecule has 1 aromatic carbocycles. The minimum Gasteiger partial charge on any atom is -0.382 e. The molecule has 0 aliphatic carbocycles. The van der Waals surface area contributed by atoms with Crippen LogP contribution in [0.1, 0.15) is 39.0 Å². The fraction of sp³-hybridized carbons (Fsp3) is 0.667. The van der Waals surface area contributed by atoms with Crippen LogP contribution in [0.15, 0.2) is 24.3 Å². The maximum absolute atomic E-state index is 3.75. The summed E-state index contributed by atoms with van der Waals surface area (Å²) >= 11 is 0. The number of hydrogen-bond donors (Lipinski definition) is 1. The summed E-state index contributed by atoms with van der Waals surface area (Å²) in [7, 11) is 0. The van der Waals surface area contributed by atoms with E-state index in [1.165, 1.54) is 76.2 Å². The van der Waals surface area contributed by atoms with Crippen LogP contribution in [0.4, 0.5) is 11.4 Å². The number of nitrogens with one attached hydrogen (secondary N) is 1. The van der Waals surface area contributed by atoms with Crippen molar-refractivity contribution < 1.29 is 0 Å². The van der Waals surface area contributed by atoms with E-state index in [4.69, 9.17) is 0 Å². The van der Waals surface area contributed by atoms with Crippen LogP contribution in [-0.2, 0) is 0 Å². The fourth-order valence-corrected chi connectivity index (χ4v) is 3.62. The maximum atomic E-state index is 3.75. The number of likely N-dealkylation sites (tertiary alicyclic amines) is 1. The first-order chi connectivity index (χ1) is 10.3. The van der Waals surface area contributed by atoms with Crippen LogP contribution < -0.4 is 10.2 Å². The van der Waals surface area contributed by atoms with Gasteiger partial charge < -0.3 is 15.1 Å². The molecule has 2 aliphatic heterocycles. The van der Waals surface area contributed by atoms with Gasteiger partial charge in [-0.05, 0) is 56.8 Å². The quantitative estimate of drug-likeness (QED) is 0.893. The summed E-state index contributed by atoms with van der Waals surface area (Å²) in [5, 5.41) is 3.75. The van der Waals surface area contributed by atoms with E-state index in [0.717, 1.165) is 0 Å². The minimum absolute atomic E-state index is 0.645. The average Bonchev–Trinajstić information content (AvgIpc) is 3.04. The van der Waals surface area contributed by atoms with Crippen LogP contribution in [0.3, 0.4) is 0 Å². The molecule has 0 aromatic heterocycles. The molecular formula is C18H29N3. The number of benzene rings is 1. The molecule has 21 heavy (non-hydrogen) atoms. The van der Waals surface area contributed by atoms with Crippen LogP contribution in [0, 0.1) is 0 Å². The first-order valence-corrected chi connectivity index (χ1v) is 8.69. The van der Waals surface area contributed by atoms with E-state index in [1.807, 2.05) is 0 Å². The summed E-state index contributed by atoms with van der Waals surface area (Å²) < 4.78 is 0. The summed E-state index contributed by atoms with van der Waals surface area (Å²) in [5.41, 5.74) is 2.69. The Labute approximate surface area is 129 Å². The lowest BCUT2D eigenvalue weighted by Crippen LogP contribution is -2.39. The predicted octanol–water partition coefficient (Wildman–Crippen LogP) is 3.57. The lowest BCUT2D eigenvalue weighted by Gasteiger charge is -2.32. The summed E-state index contributed by atoms with van der Waals surface area (Å²) in [4.78, 5) is 5.11. The smallest absolute Gasteiger partial charge is 0.0386 e. The summed E-state index contributed by atoms with van der Waals surface area (Å²) in [6.07, 6.45) is 6.50. The molecule has 3 rings (SSSR count). The van der Waals surface area contributed by atoms with Gasteiger partial charge in [-0.2, -0.15) is 0 Å². The van der Waals surface area contributed by atoms with Crippen LogP contribution in [-0.4, -0.2) is 43.7 Å². The zero-order valence-corrected chi connectivity index (χ0v) is 13.4. The largest absolute Gasteiger partial charge is 0.382 e. The Balaban J connectivity index is 1.54. The third-order valence-corrected chi connectivity index (χ3v) is 4.82. The second-order valence-electron chi connectivity index (χ2n) is 6.50. The van der Waals surface area contributed by atoms with Gasteiger partial charge in [0.25, 0.3) is 0 Å². The average molecular weight is 287 g/mol. The molecule has 0 unspecified atom stereocenters. The molecule has 1 N–H and O–H groups in total. The first kappa shape index (κ1) is 14.7. The van der Waals surface area contributed by atoms with Crippen molar-refractivity contribution in [2.45, 2.75) is 45.1 Å². The molecule has 2 heterocycles. The van der Waals surface area contributed by atoms with Crippen molar-refractivity contribution in [3.63, 3.8) is 0 Å². The number of hydrogen-bond acceptors (Lipinski definition) is 3. The fourth-order valence-electron chi connectivity index (χ4n) is 3.62. The van der Waals surface area contributed by atoms with E-state index in [0.29, 0.717) is 6.04 Å². The molecule has 116 valence electrons. The van der Waals surface area contributed by atoms with Crippen LogP contribution in [0.5, 0.6) is 0 Å². The lowest BCUT2D eigenvalue weighted by atomic mass is 10.0. The van der Waals surface area contributed by atoms with Gasteiger partial charge in [-0.1, -0.05) is 13.0 Å². The zero-order chi connectivity index (χ0) is 14.5. The van der Waals surface area contributed by atoms with Gasteiger partial charge in [0.15, 0.2) is 0 Å². The van der Waals surface area contributed by atoms with Gasteiger partial charge in [0.1, 0.15) is 0 Å². The third-order valence-electron chi connectivity index (χ3n) is 4.82. The van der Waals surface area contributed by atoms with Crippen molar-refractivity contribution in [3.05, 3.63) is 24.3 Å². The van der Waals surface area contributed by atoms with Crippen molar-refractivity contribution in [3.8, 4) is 0 Å². The molecule has 1 aromatic rings. The minimum atomic E-state index is 0.645. The van der Waals surface area contributed by atoms with Gasteiger partial charge >= 0.3 is 0 Å².